The summed E-state index contributed by atoms with van der Waals surface area (Å²) in [5.74, 6) is -2.74. The number of nitrogens with zero attached hydrogens (tertiary/aromatic N) is 2. The average Bonchev–Trinajstić information content (AvgIpc) is 3.54. The lowest BCUT2D eigenvalue weighted by molar-refractivity contribution is -0.325. The summed E-state index contributed by atoms with van der Waals surface area (Å²) in [4.78, 5) is 19.9. The first-order valence-corrected chi connectivity index (χ1v) is 21.3. The first-order valence-electron chi connectivity index (χ1n) is 21.3. The minimum absolute atomic E-state index is 0.00977. The highest BCUT2D eigenvalue weighted by atomic mass is 16.7. The van der Waals surface area contributed by atoms with E-state index in [-0.39, 0.29) is 36.7 Å². The summed E-state index contributed by atoms with van der Waals surface area (Å²) < 4.78 is 45.2. The Morgan fingerprint density at radius 1 is 1.02 bits per heavy atom. The maximum atomic E-state index is 14.5. The van der Waals surface area contributed by atoms with Crippen molar-refractivity contribution in [1.29, 1.82) is 0 Å². The summed E-state index contributed by atoms with van der Waals surface area (Å²) in [5, 5.41) is 41.3. The fraction of sp³-hybridized carbons (Fsp3) is 0.750. The van der Waals surface area contributed by atoms with Gasteiger partial charge in [0.1, 0.15) is 42.7 Å². The quantitative estimate of drug-likeness (QED) is 0.134. The van der Waals surface area contributed by atoms with Gasteiger partial charge < -0.3 is 53.4 Å². The number of hydrogen-bond donors (Lipinski definition) is 3. The normalized spacial score (nSPS) is 44.4. The molecule has 5 fully saturated rings. The largest absolute Gasteiger partial charge is 0.462 e. The Morgan fingerprint density at radius 3 is 2.52 bits per heavy atom. The molecule has 2 aliphatic carbocycles. The van der Waals surface area contributed by atoms with Crippen LogP contribution in [0.25, 0.3) is 0 Å². The molecule has 14 nitrogen and oxygen atoms in total. The Kier molecular flexibility index (Phi) is 13.4. The van der Waals surface area contributed by atoms with E-state index in [4.69, 9.17) is 38.0 Å². The number of aliphatic hydroxyl groups is 2. The zero-order valence-corrected chi connectivity index (χ0v) is 35.1. The van der Waals surface area contributed by atoms with Crippen molar-refractivity contribution in [1.82, 2.24) is 0 Å². The fourth-order valence-electron chi connectivity index (χ4n) is 10.5. The van der Waals surface area contributed by atoms with Gasteiger partial charge in [-0.2, -0.15) is 0 Å². The predicted octanol–water partition coefficient (Wildman–Crippen LogP) is 5.68. The Balaban J connectivity index is 1.28. The van der Waals surface area contributed by atoms with Crippen molar-refractivity contribution in [2.24, 2.45) is 34.0 Å². The summed E-state index contributed by atoms with van der Waals surface area (Å²) in [6.45, 7) is 9.76. The van der Waals surface area contributed by atoms with Crippen LogP contribution < -0.4 is 0 Å². The summed E-state index contributed by atoms with van der Waals surface area (Å²) in [6, 6.07) is 0. The summed E-state index contributed by atoms with van der Waals surface area (Å²) in [6.07, 6.45) is 11.7. The maximum absolute atomic E-state index is 14.5. The highest BCUT2D eigenvalue weighted by Crippen LogP contribution is 2.48. The number of carbonyl (C=O) groups is 1. The third-order valence-electron chi connectivity index (χ3n) is 13.7. The molecule has 58 heavy (non-hydrogen) atoms. The van der Waals surface area contributed by atoms with Crippen molar-refractivity contribution in [3.8, 4) is 0 Å². The number of rotatable bonds is 5. The van der Waals surface area contributed by atoms with Crippen LogP contribution in [0.3, 0.4) is 0 Å². The second-order valence-corrected chi connectivity index (χ2v) is 17.6. The van der Waals surface area contributed by atoms with Gasteiger partial charge >= 0.3 is 5.97 Å². The molecule has 1 spiro atoms. The summed E-state index contributed by atoms with van der Waals surface area (Å²) in [5.41, 5.74) is 1.06. The molecule has 1 saturated carbocycles. The average molecular weight is 813 g/mol. The van der Waals surface area contributed by atoms with Gasteiger partial charge in [-0.25, -0.2) is 0 Å². The van der Waals surface area contributed by atoms with E-state index >= 15 is 0 Å². The van der Waals surface area contributed by atoms with Gasteiger partial charge in [-0.3, -0.25) is 4.79 Å². The first kappa shape index (κ1) is 43.1. The number of allylic oxidation sites excluding steroid dienone is 2. The van der Waals surface area contributed by atoms with Gasteiger partial charge in [0.2, 0.25) is 0 Å². The Bertz CT molecular complexity index is 1680. The van der Waals surface area contributed by atoms with Crippen LogP contribution >= 0.6 is 0 Å². The third kappa shape index (κ3) is 8.50. The van der Waals surface area contributed by atoms with Gasteiger partial charge in [0, 0.05) is 44.6 Å². The van der Waals surface area contributed by atoms with Crippen LogP contribution in [0.15, 0.2) is 57.4 Å². The molecule has 5 aliphatic heterocycles. The molecule has 322 valence electrons. The van der Waals surface area contributed by atoms with Crippen molar-refractivity contribution in [2.45, 2.75) is 165 Å². The van der Waals surface area contributed by atoms with E-state index in [1.165, 1.54) is 6.42 Å². The van der Waals surface area contributed by atoms with Crippen LogP contribution in [-0.2, 0) is 42.8 Å². The maximum Gasteiger partial charge on any atom is 0.316 e. The molecule has 7 rings (SSSR count). The van der Waals surface area contributed by atoms with Gasteiger partial charge in [-0.05, 0) is 62.7 Å². The molecular weight excluding hydrogens is 748 g/mol. The zero-order valence-electron chi connectivity index (χ0n) is 35.1. The smallest absolute Gasteiger partial charge is 0.316 e. The minimum Gasteiger partial charge on any atom is -0.462 e. The molecule has 0 aromatic carbocycles. The van der Waals surface area contributed by atoms with Crippen molar-refractivity contribution >= 4 is 17.4 Å². The Hall–Kier alpha value is -2.95. The number of ether oxygens (including phenoxy) is 7. The first-order chi connectivity index (χ1) is 27.8. The van der Waals surface area contributed by atoms with Crippen LogP contribution in [0, 0.1) is 23.7 Å². The topological polar surface area (TPSA) is 176 Å². The number of fused-ring (bicyclic) bond motifs is 2. The number of esters is 1. The van der Waals surface area contributed by atoms with Crippen LogP contribution in [0.1, 0.15) is 98.8 Å². The van der Waals surface area contributed by atoms with Crippen molar-refractivity contribution in [3.05, 3.63) is 47.1 Å². The number of carbonyl (C=O) groups excluding carboxylic acids is 1. The SMILES string of the molecule is CON=C1CC2(CC3CC(CC=C(C)C(OC4CC(OC)C(O)C(C)O4)C(C)C=CC=C4COC5C(=NO)C(C)=CC(C(=O)O3)C45O)O2)OC(C2CCCCC2)C1C. The minimum atomic E-state index is -1.88. The number of oxime groups is 2. The van der Waals surface area contributed by atoms with Gasteiger partial charge in [0.25, 0.3) is 0 Å². The van der Waals surface area contributed by atoms with E-state index < -0.39 is 72.3 Å². The van der Waals surface area contributed by atoms with Gasteiger partial charge in [-0.1, -0.05) is 73.8 Å². The van der Waals surface area contributed by atoms with Crippen molar-refractivity contribution in [3.63, 3.8) is 0 Å². The number of methoxy groups -OCH3 is 1. The van der Waals surface area contributed by atoms with Crippen molar-refractivity contribution in [2.75, 3.05) is 20.8 Å². The molecule has 14 unspecified atom stereocenters. The number of hydrogen-bond acceptors (Lipinski definition) is 14. The molecular formula is C44H64N2O12. The van der Waals surface area contributed by atoms with E-state index in [9.17, 15) is 20.2 Å². The number of aliphatic hydroxyl groups excluding tert-OH is 1. The molecule has 7 aliphatic rings. The molecule has 14 atom stereocenters. The summed E-state index contributed by atoms with van der Waals surface area (Å²) in [7, 11) is 3.13. The predicted molar refractivity (Wildman–Crippen MR) is 213 cm³/mol. The van der Waals surface area contributed by atoms with E-state index in [0.717, 1.165) is 37.0 Å². The van der Waals surface area contributed by atoms with E-state index in [1.54, 1.807) is 33.3 Å². The molecule has 3 N–H and O–H groups in total. The van der Waals surface area contributed by atoms with Crippen LogP contribution in [0.5, 0.6) is 0 Å². The third-order valence-corrected chi connectivity index (χ3v) is 13.7. The Labute approximate surface area is 342 Å². The lowest BCUT2D eigenvalue weighted by Gasteiger charge is -2.51. The van der Waals surface area contributed by atoms with Crippen LogP contribution in [-0.4, -0.2) is 120 Å². The molecule has 0 radical (unpaired) electrons. The molecule has 2 bridgehead atoms. The van der Waals surface area contributed by atoms with Crippen LogP contribution in [0.2, 0.25) is 0 Å². The molecule has 0 amide bonds. The standard InChI is InChI=1S/C44H64N2O12/c1-24-12-11-15-30-23-53-41-37(45-50)26(3)18-33(44(30,41)49)42(48)55-32-19-31(17-16-25(2)39(24)56-36-20-35(51-6)38(47)28(5)54-36)57-43(21-32)22-34(46-52-7)27(4)40(58-43)29-13-9-8-10-14-29/h11-12,15-16,18,24,27-29,31-33,35-36,38-41,47,49-50H,8-10,13-14,17,19-23H2,1-7H3. The van der Waals surface area contributed by atoms with Gasteiger partial charge in [-0.15, -0.1) is 0 Å². The lowest BCUT2D eigenvalue weighted by atomic mass is 9.71. The summed E-state index contributed by atoms with van der Waals surface area (Å²) >= 11 is 0. The van der Waals surface area contributed by atoms with Crippen LogP contribution in [0.4, 0.5) is 0 Å². The second kappa shape index (κ2) is 18.0. The molecule has 0 aromatic rings. The monoisotopic (exact) mass is 812 g/mol. The van der Waals surface area contributed by atoms with Gasteiger partial charge in [0.05, 0.1) is 42.8 Å². The van der Waals surface area contributed by atoms with E-state index in [1.807, 2.05) is 32.9 Å². The molecule has 5 heterocycles. The molecule has 4 saturated heterocycles. The highest BCUT2D eigenvalue weighted by Gasteiger charge is 2.60. The second-order valence-electron chi connectivity index (χ2n) is 17.6. The molecule has 0 aromatic heterocycles. The van der Waals surface area contributed by atoms with E-state index in [0.29, 0.717) is 42.7 Å². The fourth-order valence-corrected chi connectivity index (χ4v) is 10.5. The van der Waals surface area contributed by atoms with Crippen molar-refractivity contribution < 1.29 is 58.2 Å². The Morgan fingerprint density at radius 2 is 1.79 bits per heavy atom. The highest BCUT2D eigenvalue weighted by molar-refractivity contribution is 6.07. The zero-order chi connectivity index (χ0) is 41.4. The van der Waals surface area contributed by atoms with Gasteiger partial charge in [0.15, 0.2) is 12.1 Å². The van der Waals surface area contributed by atoms with E-state index in [2.05, 4.69) is 23.3 Å². The molecule has 14 heteroatoms. The lowest BCUT2D eigenvalue weighted by Crippen LogP contribution is -2.59.